The van der Waals surface area contributed by atoms with Crippen LogP contribution in [0.1, 0.15) is 48.4 Å². The first-order chi connectivity index (χ1) is 11.2. The molecule has 0 bridgehead atoms. The van der Waals surface area contributed by atoms with Crippen LogP contribution in [0.2, 0.25) is 0 Å². The fourth-order valence-corrected chi connectivity index (χ4v) is 1.62. The van der Waals surface area contributed by atoms with Crippen molar-refractivity contribution in [2.24, 2.45) is 0 Å². The van der Waals surface area contributed by atoms with E-state index in [1.54, 1.807) is 0 Å². The molecule has 0 heterocycles. The first-order valence-corrected chi connectivity index (χ1v) is 7.27. The van der Waals surface area contributed by atoms with Crippen LogP contribution in [0.5, 0.6) is 23.0 Å². The first-order valence-electron chi connectivity index (χ1n) is 7.27. The van der Waals surface area contributed by atoms with Crippen LogP contribution in [0.25, 0.3) is 0 Å². The van der Waals surface area contributed by atoms with Gasteiger partial charge in [0.1, 0.15) is 23.0 Å². The van der Waals surface area contributed by atoms with Gasteiger partial charge in [-0.15, -0.1) is 0 Å². The molecule has 0 unspecified atom stereocenters. The van der Waals surface area contributed by atoms with Gasteiger partial charge in [0.15, 0.2) is 11.6 Å². The van der Waals surface area contributed by atoms with Gasteiger partial charge in [-0.2, -0.15) is 0 Å². The Balaban J connectivity index is 0.000000400. The summed E-state index contributed by atoms with van der Waals surface area (Å²) in [5.74, 6) is -0.839. The number of phenolic OH excluding ortho intramolecular Hbond substituents is 4. The van der Waals surface area contributed by atoms with Crippen molar-refractivity contribution in [1.29, 1.82) is 0 Å². The van der Waals surface area contributed by atoms with Crippen LogP contribution in [-0.4, -0.2) is 32.0 Å². The number of Topliss-reactive ketones (excluding diaryl/α,β-unsaturated/α-hetero) is 2. The Labute approximate surface area is 140 Å². The number of hydrogen-bond acceptors (Lipinski definition) is 6. The van der Waals surface area contributed by atoms with Gasteiger partial charge in [0.25, 0.3) is 0 Å². The van der Waals surface area contributed by atoms with E-state index < -0.39 is 0 Å². The summed E-state index contributed by atoms with van der Waals surface area (Å²) >= 11 is 0. The first kappa shape index (κ1) is 21.0. The summed E-state index contributed by atoms with van der Waals surface area (Å²) in [5, 5.41) is 35.8. The molecular weight excluding hydrogens is 312 g/mol. The van der Waals surface area contributed by atoms with Crippen LogP contribution in [0, 0.1) is 0 Å². The molecule has 0 saturated carbocycles. The molecule has 0 radical (unpaired) electrons. The van der Waals surface area contributed by atoms with Crippen molar-refractivity contribution < 1.29 is 30.0 Å². The maximum absolute atomic E-state index is 10.7. The van der Waals surface area contributed by atoms with Crippen LogP contribution in [0.15, 0.2) is 36.4 Å². The molecule has 0 fully saturated rings. The topological polar surface area (TPSA) is 115 Å². The van der Waals surface area contributed by atoms with Crippen LogP contribution < -0.4 is 0 Å². The number of phenols is 4. The minimum absolute atomic E-state index is 0.0486. The zero-order valence-corrected chi connectivity index (χ0v) is 14.1. The summed E-state index contributed by atoms with van der Waals surface area (Å²) in [4.78, 5) is 21.5. The average Bonchev–Trinajstić information content (AvgIpc) is 2.48. The summed E-state index contributed by atoms with van der Waals surface area (Å²) in [6.07, 6.45) is 0. The third-order valence-corrected chi connectivity index (χ3v) is 2.67. The maximum Gasteiger partial charge on any atom is 0.163 e. The van der Waals surface area contributed by atoms with Crippen LogP contribution in [0.3, 0.4) is 0 Å². The lowest BCUT2D eigenvalue weighted by Crippen LogP contribution is -1.91. The lowest BCUT2D eigenvalue weighted by atomic mass is 10.1. The number of benzene rings is 2. The molecule has 0 aliphatic carbocycles. The Kier molecular flexibility index (Phi) is 8.64. The minimum Gasteiger partial charge on any atom is -0.508 e. The molecule has 2 aromatic carbocycles. The van der Waals surface area contributed by atoms with Gasteiger partial charge >= 0.3 is 0 Å². The molecule has 0 amide bonds. The average molecular weight is 334 g/mol. The monoisotopic (exact) mass is 334 g/mol. The SMILES string of the molecule is CC.CC(=O)c1cc(O)cc(O)c1.CC(=O)c1ccc(O)cc1O. The fourth-order valence-electron chi connectivity index (χ4n) is 1.62. The molecule has 6 nitrogen and oxygen atoms in total. The van der Waals surface area contributed by atoms with E-state index in [0.29, 0.717) is 5.56 Å². The van der Waals surface area contributed by atoms with Gasteiger partial charge in [-0.1, -0.05) is 13.8 Å². The van der Waals surface area contributed by atoms with Crippen LogP contribution in [0.4, 0.5) is 0 Å². The summed E-state index contributed by atoms with van der Waals surface area (Å²) in [5.41, 5.74) is 0.533. The Morgan fingerprint density at radius 2 is 1.21 bits per heavy atom. The normalized spacial score (nSPS) is 9.00. The number of aromatic hydroxyl groups is 4. The standard InChI is InChI=1S/2C8H8O3.C2H6/c1-5(9)6-2-7(10)4-8(11)3-6;1-5(9)7-3-2-6(10)4-8(7)11;1-2/h2*2-4,10-11H,1H3;1-2H3. The summed E-state index contributed by atoms with van der Waals surface area (Å²) < 4.78 is 0. The van der Waals surface area contributed by atoms with E-state index in [0.717, 1.165) is 6.07 Å². The van der Waals surface area contributed by atoms with E-state index in [4.69, 9.17) is 20.4 Å². The number of carbonyl (C=O) groups is 2. The van der Waals surface area contributed by atoms with Gasteiger partial charge in [-0.05, 0) is 38.1 Å². The highest BCUT2D eigenvalue weighted by Gasteiger charge is 2.05. The zero-order chi connectivity index (χ0) is 18.9. The largest absolute Gasteiger partial charge is 0.508 e. The third-order valence-electron chi connectivity index (χ3n) is 2.67. The number of hydrogen-bond donors (Lipinski definition) is 4. The van der Waals surface area contributed by atoms with Gasteiger partial charge in [-0.3, -0.25) is 9.59 Å². The second-order valence-electron chi connectivity index (χ2n) is 4.55. The van der Waals surface area contributed by atoms with Crippen molar-refractivity contribution in [2.45, 2.75) is 27.7 Å². The predicted molar refractivity (Wildman–Crippen MR) is 90.9 cm³/mol. The van der Waals surface area contributed by atoms with E-state index in [9.17, 15) is 9.59 Å². The Bertz CT molecular complexity index is 686. The van der Waals surface area contributed by atoms with Crippen molar-refractivity contribution in [3.8, 4) is 23.0 Å². The minimum atomic E-state index is -0.220. The van der Waals surface area contributed by atoms with Gasteiger partial charge in [-0.25, -0.2) is 0 Å². The molecule has 4 N–H and O–H groups in total. The molecule has 0 saturated heterocycles. The quantitative estimate of drug-likeness (QED) is 0.623. The lowest BCUT2D eigenvalue weighted by Gasteiger charge is -1.99. The van der Waals surface area contributed by atoms with Gasteiger partial charge in [0, 0.05) is 17.7 Å². The van der Waals surface area contributed by atoms with Crippen molar-refractivity contribution in [3.05, 3.63) is 47.5 Å². The maximum atomic E-state index is 10.7. The molecule has 0 aliphatic heterocycles. The van der Waals surface area contributed by atoms with E-state index in [1.165, 1.54) is 44.2 Å². The number of rotatable bonds is 2. The molecule has 130 valence electrons. The molecular formula is C18H22O6. The number of carbonyl (C=O) groups excluding carboxylic acids is 2. The highest BCUT2D eigenvalue weighted by molar-refractivity contribution is 5.96. The highest BCUT2D eigenvalue weighted by Crippen LogP contribution is 2.22. The van der Waals surface area contributed by atoms with E-state index in [2.05, 4.69) is 0 Å². The highest BCUT2D eigenvalue weighted by atomic mass is 16.3. The van der Waals surface area contributed by atoms with E-state index >= 15 is 0 Å². The van der Waals surface area contributed by atoms with Gasteiger partial charge < -0.3 is 20.4 Å². The fraction of sp³-hybridized carbons (Fsp3) is 0.222. The molecule has 0 aliphatic rings. The van der Waals surface area contributed by atoms with Gasteiger partial charge in [0.05, 0.1) is 5.56 Å². The number of ketones is 2. The summed E-state index contributed by atoms with van der Waals surface area (Å²) in [7, 11) is 0. The molecule has 0 aromatic heterocycles. The molecule has 2 rings (SSSR count). The van der Waals surface area contributed by atoms with Crippen LogP contribution >= 0.6 is 0 Å². The van der Waals surface area contributed by atoms with Crippen molar-refractivity contribution in [1.82, 2.24) is 0 Å². The molecule has 6 heteroatoms. The lowest BCUT2D eigenvalue weighted by molar-refractivity contribution is 0.100. The predicted octanol–water partition coefficient (Wildman–Crippen LogP) is 3.63. The van der Waals surface area contributed by atoms with Crippen molar-refractivity contribution in [3.63, 3.8) is 0 Å². The molecule has 0 atom stereocenters. The Morgan fingerprint density at radius 1 is 0.708 bits per heavy atom. The molecule has 2 aromatic rings. The molecule has 24 heavy (non-hydrogen) atoms. The second kappa shape index (κ2) is 9.89. The Morgan fingerprint density at radius 3 is 1.58 bits per heavy atom. The van der Waals surface area contributed by atoms with E-state index in [-0.39, 0.29) is 40.1 Å². The van der Waals surface area contributed by atoms with E-state index in [1.807, 2.05) is 13.8 Å². The summed E-state index contributed by atoms with van der Waals surface area (Å²) in [6, 6.07) is 7.66. The van der Waals surface area contributed by atoms with Crippen molar-refractivity contribution >= 4 is 11.6 Å². The van der Waals surface area contributed by atoms with Gasteiger partial charge in [0.2, 0.25) is 0 Å². The molecule has 0 spiro atoms. The third kappa shape index (κ3) is 6.83. The van der Waals surface area contributed by atoms with Crippen LogP contribution in [-0.2, 0) is 0 Å². The smallest absolute Gasteiger partial charge is 0.163 e. The van der Waals surface area contributed by atoms with Crippen molar-refractivity contribution in [2.75, 3.05) is 0 Å². The summed E-state index contributed by atoms with van der Waals surface area (Å²) in [6.45, 7) is 6.72. The second-order valence-corrected chi connectivity index (χ2v) is 4.55. The zero-order valence-electron chi connectivity index (χ0n) is 14.1. The Hall–Kier alpha value is -3.02.